The topological polar surface area (TPSA) is 20.2 Å². The Morgan fingerprint density at radius 3 is 2.21 bits per heavy atom. The minimum absolute atomic E-state index is 0.293. The van der Waals surface area contributed by atoms with Crippen molar-refractivity contribution in [2.45, 2.75) is 20.0 Å². The lowest BCUT2D eigenvalue weighted by Gasteiger charge is -2.17. The number of hydrogen-bond acceptors (Lipinski definition) is 1. The molecule has 1 unspecified atom stereocenters. The molecule has 100 valence electrons. The average Bonchev–Trinajstić information content (AvgIpc) is 2.25. The van der Waals surface area contributed by atoms with Crippen molar-refractivity contribution in [2.75, 3.05) is 0 Å². The molecule has 2 aromatic carbocycles. The Labute approximate surface area is 125 Å². The van der Waals surface area contributed by atoms with Crippen LogP contribution in [0.1, 0.15) is 28.4 Å². The minimum atomic E-state index is -0.824. The first-order valence-corrected chi connectivity index (χ1v) is 6.96. The van der Waals surface area contributed by atoms with Crippen LogP contribution >= 0.6 is 27.5 Å². The molecule has 0 aliphatic rings. The summed E-state index contributed by atoms with van der Waals surface area (Å²) in [6, 6.07) is 8.11. The molecule has 0 saturated carbocycles. The highest BCUT2D eigenvalue weighted by molar-refractivity contribution is 9.10. The SMILES string of the molecule is Cc1cc(F)cc(C)c1C(O)c1cc(Cl)cc(Br)c1. The molecular formula is C15H13BrClFO. The lowest BCUT2D eigenvalue weighted by Crippen LogP contribution is -2.05. The summed E-state index contributed by atoms with van der Waals surface area (Å²) in [5, 5.41) is 11.0. The van der Waals surface area contributed by atoms with Crippen molar-refractivity contribution in [1.29, 1.82) is 0 Å². The molecule has 4 heteroatoms. The van der Waals surface area contributed by atoms with Gasteiger partial charge in [0.05, 0.1) is 0 Å². The van der Waals surface area contributed by atoms with Crippen LogP contribution in [0, 0.1) is 19.7 Å². The van der Waals surface area contributed by atoms with Crippen LogP contribution in [0.3, 0.4) is 0 Å². The fourth-order valence-electron chi connectivity index (χ4n) is 2.25. The number of aliphatic hydroxyl groups excluding tert-OH is 1. The van der Waals surface area contributed by atoms with Crippen molar-refractivity contribution in [3.8, 4) is 0 Å². The van der Waals surface area contributed by atoms with Gasteiger partial charge in [-0.15, -0.1) is 0 Å². The molecule has 0 aliphatic heterocycles. The van der Waals surface area contributed by atoms with Crippen LogP contribution < -0.4 is 0 Å². The van der Waals surface area contributed by atoms with E-state index in [4.69, 9.17) is 11.6 Å². The van der Waals surface area contributed by atoms with E-state index in [-0.39, 0.29) is 5.82 Å². The van der Waals surface area contributed by atoms with Crippen molar-refractivity contribution in [3.63, 3.8) is 0 Å². The molecule has 1 atom stereocenters. The number of aryl methyl sites for hydroxylation is 2. The van der Waals surface area contributed by atoms with Crippen LogP contribution in [-0.4, -0.2) is 5.11 Å². The molecule has 0 amide bonds. The molecule has 0 radical (unpaired) electrons. The number of aliphatic hydroxyl groups is 1. The average molecular weight is 344 g/mol. The van der Waals surface area contributed by atoms with Gasteiger partial charge in [-0.3, -0.25) is 0 Å². The van der Waals surface area contributed by atoms with E-state index in [2.05, 4.69) is 15.9 Å². The molecule has 0 bridgehead atoms. The minimum Gasteiger partial charge on any atom is -0.384 e. The Morgan fingerprint density at radius 1 is 1.11 bits per heavy atom. The highest BCUT2D eigenvalue weighted by Crippen LogP contribution is 2.31. The predicted molar refractivity (Wildman–Crippen MR) is 79.1 cm³/mol. The van der Waals surface area contributed by atoms with Crippen molar-refractivity contribution in [2.24, 2.45) is 0 Å². The molecule has 19 heavy (non-hydrogen) atoms. The summed E-state index contributed by atoms with van der Waals surface area (Å²) in [5.74, 6) is -0.293. The van der Waals surface area contributed by atoms with E-state index in [1.807, 2.05) is 0 Å². The zero-order valence-corrected chi connectivity index (χ0v) is 12.9. The summed E-state index contributed by atoms with van der Waals surface area (Å²) in [5.41, 5.74) is 2.84. The molecule has 0 aromatic heterocycles. The fourth-order valence-corrected chi connectivity index (χ4v) is 3.14. The van der Waals surface area contributed by atoms with Gasteiger partial charge in [-0.25, -0.2) is 4.39 Å². The Morgan fingerprint density at radius 2 is 1.68 bits per heavy atom. The summed E-state index contributed by atoms with van der Waals surface area (Å²) >= 11 is 9.33. The van der Waals surface area contributed by atoms with Crippen LogP contribution in [0.4, 0.5) is 4.39 Å². The summed E-state index contributed by atoms with van der Waals surface area (Å²) < 4.78 is 14.1. The van der Waals surface area contributed by atoms with Gasteiger partial charge in [-0.2, -0.15) is 0 Å². The van der Waals surface area contributed by atoms with Crippen LogP contribution in [0.15, 0.2) is 34.8 Å². The summed E-state index contributed by atoms with van der Waals surface area (Å²) in [6.07, 6.45) is -0.824. The van der Waals surface area contributed by atoms with Gasteiger partial charge < -0.3 is 5.11 Å². The van der Waals surface area contributed by atoms with Crippen LogP contribution in [0.25, 0.3) is 0 Å². The van der Waals surface area contributed by atoms with Crippen molar-refractivity contribution in [3.05, 3.63) is 67.9 Å². The smallest absolute Gasteiger partial charge is 0.123 e. The van der Waals surface area contributed by atoms with E-state index in [9.17, 15) is 9.50 Å². The molecule has 0 aliphatic carbocycles. The molecule has 1 nitrogen and oxygen atoms in total. The third-order valence-corrected chi connectivity index (χ3v) is 3.71. The van der Waals surface area contributed by atoms with Gasteiger partial charge in [-0.05, 0) is 66.4 Å². The van der Waals surface area contributed by atoms with E-state index in [1.54, 1.807) is 32.0 Å². The largest absolute Gasteiger partial charge is 0.384 e. The number of halogens is 3. The second-order valence-electron chi connectivity index (χ2n) is 4.56. The highest BCUT2D eigenvalue weighted by Gasteiger charge is 2.17. The fraction of sp³-hybridized carbons (Fsp3) is 0.200. The Kier molecular flexibility index (Phi) is 4.29. The monoisotopic (exact) mass is 342 g/mol. The lowest BCUT2D eigenvalue weighted by molar-refractivity contribution is 0.218. The second-order valence-corrected chi connectivity index (χ2v) is 5.91. The maximum absolute atomic E-state index is 13.3. The summed E-state index contributed by atoms with van der Waals surface area (Å²) in [6.45, 7) is 3.57. The standard InChI is InChI=1S/C15H13BrClFO/c1-8-3-13(18)4-9(2)14(8)15(19)10-5-11(16)7-12(17)6-10/h3-7,15,19H,1-2H3. The van der Waals surface area contributed by atoms with Crippen LogP contribution in [0.2, 0.25) is 5.02 Å². The normalized spacial score (nSPS) is 12.5. The molecule has 1 N–H and O–H groups in total. The zero-order chi connectivity index (χ0) is 14.2. The number of rotatable bonds is 2. The molecule has 0 saturated heterocycles. The first-order chi connectivity index (χ1) is 8.88. The lowest BCUT2D eigenvalue weighted by atomic mass is 9.93. The molecule has 2 rings (SSSR count). The maximum atomic E-state index is 13.3. The Hall–Kier alpha value is -0.900. The van der Waals surface area contributed by atoms with Gasteiger partial charge in [0.2, 0.25) is 0 Å². The van der Waals surface area contributed by atoms with Gasteiger partial charge in [0.15, 0.2) is 0 Å². The van der Waals surface area contributed by atoms with Gasteiger partial charge in [0, 0.05) is 9.50 Å². The van der Waals surface area contributed by atoms with E-state index in [1.165, 1.54) is 12.1 Å². The summed E-state index contributed by atoms with van der Waals surface area (Å²) in [7, 11) is 0. The maximum Gasteiger partial charge on any atom is 0.123 e. The zero-order valence-electron chi connectivity index (χ0n) is 10.5. The number of benzene rings is 2. The van der Waals surface area contributed by atoms with Gasteiger partial charge in [0.25, 0.3) is 0 Å². The van der Waals surface area contributed by atoms with E-state index >= 15 is 0 Å². The van der Waals surface area contributed by atoms with Crippen molar-refractivity contribution < 1.29 is 9.50 Å². The predicted octanol–water partition coefficient (Wildman–Crippen LogP) is 4.94. The second kappa shape index (κ2) is 5.61. The van der Waals surface area contributed by atoms with Crippen LogP contribution in [0.5, 0.6) is 0 Å². The Balaban J connectivity index is 2.52. The van der Waals surface area contributed by atoms with Crippen LogP contribution in [-0.2, 0) is 0 Å². The highest BCUT2D eigenvalue weighted by atomic mass is 79.9. The third-order valence-electron chi connectivity index (χ3n) is 3.03. The molecular weight excluding hydrogens is 331 g/mol. The molecule has 0 spiro atoms. The Bertz CT molecular complexity index is 584. The third kappa shape index (κ3) is 3.16. The first-order valence-electron chi connectivity index (χ1n) is 5.79. The molecule has 0 heterocycles. The number of hydrogen-bond donors (Lipinski definition) is 1. The van der Waals surface area contributed by atoms with E-state index in [0.29, 0.717) is 10.6 Å². The van der Waals surface area contributed by atoms with E-state index < -0.39 is 6.10 Å². The van der Waals surface area contributed by atoms with Gasteiger partial charge >= 0.3 is 0 Å². The first kappa shape index (κ1) is 14.5. The van der Waals surface area contributed by atoms with Gasteiger partial charge in [-0.1, -0.05) is 27.5 Å². The quantitative estimate of drug-likeness (QED) is 0.819. The molecule has 2 aromatic rings. The van der Waals surface area contributed by atoms with Crippen molar-refractivity contribution >= 4 is 27.5 Å². The van der Waals surface area contributed by atoms with E-state index in [0.717, 1.165) is 21.2 Å². The molecule has 0 fully saturated rings. The van der Waals surface area contributed by atoms with Gasteiger partial charge in [0.1, 0.15) is 11.9 Å². The van der Waals surface area contributed by atoms with Crippen molar-refractivity contribution in [1.82, 2.24) is 0 Å². The summed E-state index contributed by atoms with van der Waals surface area (Å²) in [4.78, 5) is 0.